The summed E-state index contributed by atoms with van der Waals surface area (Å²) in [6.07, 6.45) is 1.10. The summed E-state index contributed by atoms with van der Waals surface area (Å²) in [5.41, 5.74) is 7.48. The Bertz CT molecular complexity index is 385. The van der Waals surface area contributed by atoms with Gasteiger partial charge in [-0.25, -0.2) is 0 Å². The monoisotopic (exact) mass is 264 g/mol. The van der Waals surface area contributed by atoms with Gasteiger partial charge < -0.3 is 10.5 Å². The molecular weight excluding hydrogens is 236 g/mol. The summed E-state index contributed by atoms with van der Waals surface area (Å²) >= 11 is 0. The molecule has 0 bridgehead atoms. The molecule has 2 N–H and O–H groups in total. The fourth-order valence-electron chi connectivity index (χ4n) is 2.31. The van der Waals surface area contributed by atoms with Gasteiger partial charge in [-0.2, -0.15) is 0 Å². The Labute approximate surface area is 117 Å². The van der Waals surface area contributed by atoms with E-state index in [-0.39, 0.29) is 0 Å². The maximum Gasteiger partial charge on any atom is 0.119 e. The van der Waals surface area contributed by atoms with Crippen LogP contribution in [0.5, 0.6) is 5.75 Å². The van der Waals surface area contributed by atoms with Crippen LogP contribution in [0.25, 0.3) is 0 Å². The number of methoxy groups -OCH3 is 1. The van der Waals surface area contributed by atoms with E-state index in [4.69, 9.17) is 10.5 Å². The molecule has 1 aromatic rings. The molecule has 1 rings (SSSR count). The number of hydrogen-bond donors (Lipinski definition) is 1. The normalized spacial score (nSPS) is 13.6. The van der Waals surface area contributed by atoms with Crippen molar-refractivity contribution in [3.8, 4) is 5.75 Å². The van der Waals surface area contributed by atoms with Crippen molar-refractivity contribution < 1.29 is 4.74 Å². The zero-order chi connectivity index (χ0) is 14.5. The van der Waals surface area contributed by atoms with Gasteiger partial charge in [0.15, 0.2) is 0 Å². The number of rotatable bonds is 6. The van der Waals surface area contributed by atoms with Gasteiger partial charge in [0.2, 0.25) is 0 Å². The van der Waals surface area contributed by atoms with E-state index in [2.05, 4.69) is 44.9 Å². The van der Waals surface area contributed by atoms with Gasteiger partial charge in [0.25, 0.3) is 0 Å². The van der Waals surface area contributed by atoms with E-state index in [1.54, 1.807) is 7.11 Å². The smallest absolute Gasteiger partial charge is 0.119 e. The lowest BCUT2D eigenvalue weighted by atomic mass is 9.87. The molecule has 0 aliphatic rings. The standard InChI is InChI=1S/C16H28N2O/c1-16(2,3)10-14(11-17)18(4)12-13-7-6-8-15(9-13)19-5/h6-9,14H,10-12,17H2,1-5H3. The van der Waals surface area contributed by atoms with Gasteiger partial charge in [-0.1, -0.05) is 32.9 Å². The Morgan fingerprint density at radius 2 is 2.00 bits per heavy atom. The molecule has 0 aromatic heterocycles. The highest BCUT2D eigenvalue weighted by Gasteiger charge is 2.21. The van der Waals surface area contributed by atoms with E-state index in [1.807, 2.05) is 12.1 Å². The van der Waals surface area contributed by atoms with E-state index in [9.17, 15) is 0 Å². The van der Waals surface area contributed by atoms with Crippen LogP contribution >= 0.6 is 0 Å². The molecule has 0 amide bonds. The summed E-state index contributed by atoms with van der Waals surface area (Å²) in [6.45, 7) is 8.37. The molecule has 3 heteroatoms. The summed E-state index contributed by atoms with van der Waals surface area (Å²) in [5.74, 6) is 0.908. The molecule has 0 saturated carbocycles. The lowest BCUT2D eigenvalue weighted by Crippen LogP contribution is -2.40. The van der Waals surface area contributed by atoms with Crippen LogP contribution in [0.4, 0.5) is 0 Å². The van der Waals surface area contributed by atoms with Crippen LogP contribution in [-0.4, -0.2) is 31.6 Å². The number of hydrogen-bond acceptors (Lipinski definition) is 3. The van der Waals surface area contributed by atoms with E-state index >= 15 is 0 Å². The second kappa shape index (κ2) is 6.92. The molecule has 108 valence electrons. The van der Waals surface area contributed by atoms with Crippen LogP contribution in [0, 0.1) is 5.41 Å². The number of benzene rings is 1. The average molecular weight is 264 g/mol. The second-order valence-corrected chi connectivity index (χ2v) is 6.42. The van der Waals surface area contributed by atoms with Gasteiger partial charge in [0.1, 0.15) is 5.75 Å². The zero-order valence-electron chi connectivity index (χ0n) is 12.9. The first-order valence-corrected chi connectivity index (χ1v) is 6.89. The van der Waals surface area contributed by atoms with Crippen LogP contribution in [0.15, 0.2) is 24.3 Å². The molecule has 1 unspecified atom stereocenters. The summed E-state index contributed by atoms with van der Waals surface area (Å²) in [4.78, 5) is 2.33. The topological polar surface area (TPSA) is 38.5 Å². The van der Waals surface area contributed by atoms with Gasteiger partial charge in [0.05, 0.1) is 7.11 Å². The molecule has 0 aliphatic carbocycles. The van der Waals surface area contributed by atoms with E-state index in [1.165, 1.54) is 5.56 Å². The number of nitrogens with zero attached hydrogens (tertiary/aromatic N) is 1. The molecule has 3 nitrogen and oxygen atoms in total. The van der Waals surface area contributed by atoms with Crippen LogP contribution in [-0.2, 0) is 6.54 Å². The van der Waals surface area contributed by atoms with Gasteiger partial charge in [-0.3, -0.25) is 4.90 Å². The lowest BCUT2D eigenvalue weighted by Gasteiger charge is -2.32. The lowest BCUT2D eigenvalue weighted by molar-refractivity contribution is 0.177. The minimum absolute atomic E-state index is 0.298. The molecule has 1 aromatic carbocycles. The molecule has 0 fully saturated rings. The molecule has 1 atom stereocenters. The first-order chi connectivity index (χ1) is 8.85. The third-order valence-electron chi connectivity index (χ3n) is 3.31. The molecule has 0 aliphatic heterocycles. The third-order valence-corrected chi connectivity index (χ3v) is 3.31. The summed E-state index contributed by atoms with van der Waals surface area (Å²) in [5, 5.41) is 0. The highest BCUT2D eigenvalue weighted by Crippen LogP contribution is 2.24. The minimum atomic E-state index is 0.298. The van der Waals surface area contributed by atoms with E-state index in [0.717, 1.165) is 18.7 Å². The maximum absolute atomic E-state index is 5.92. The number of ether oxygens (including phenoxy) is 1. The van der Waals surface area contributed by atoms with Crippen molar-refractivity contribution in [3.05, 3.63) is 29.8 Å². The maximum atomic E-state index is 5.92. The van der Waals surface area contributed by atoms with E-state index in [0.29, 0.717) is 18.0 Å². The van der Waals surface area contributed by atoms with E-state index < -0.39 is 0 Å². The van der Waals surface area contributed by atoms with Crippen molar-refractivity contribution in [2.75, 3.05) is 20.7 Å². The van der Waals surface area contributed by atoms with Crippen molar-refractivity contribution in [1.82, 2.24) is 4.90 Å². The fraction of sp³-hybridized carbons (Fsp3) is 0.625. The number of likely N-dealkylation sites (N-methyl/N-ethyl adjacent to an activating group) is 1. The van der Waals surface area contributed by atoms with Crippen molar-refractivity contribution in [1.29, 1.82) is 0 Å². The Morgan fingerprint density at radius 1 is 1.32 bits per heavy atom. The van der Waals surface area contributed by atoms with Crippen molar-refractivity contribution in [3.63, 3.8) is 0 Å². The first kappa shape index (κ1) is 16.0. The largest absolute Gasteiger partial charge is 0.497 e. The summed E-state index contributed by atoms with van der Waals surface area (Å²) < 4.78 is 5.26. The summed E-state index contributed by atoms with van der Waals surface area (Å²) in [6, 6.07) is 8.62. The van der Waals surface area contributed by atoms with Crippen LogP contribution < -0.4 is 10.5 Å². The Hall–Kier alpha value is -1.06. The molecule has 0 heterocycles. The van der Waals surface area contributed by atoms with Crippen molar-refractivity contribution >= 4 is 0 Å². The van der Waals surface area contributed by atoms with Crippen LogP contribution in [0.2, 0.25) is 0 Å². The first-order valence-electron chi connectivity index (χ1n) is 6.89. The molecule has 0 spiro atoms. The van der Waals surface area contributed by atoms with Gasteiger partial charge >= 0.3 is 0 Å². The zero-order valence-corrected chi connectivity index (χ0v) is 12.9. The second-order valence-electron chi connectivity index (χ2n) is 6.42. The Morgan fingerprint density at radius 3 is 2.53 bits per heavy atom. The van der Waals surface area contributed by atoms with Crippen molar-refractivity contribution in [2.45, 2.75) is 39.8 Å². The third kappa shape index (κ3) is 5.62. The quantitative estimate of drug-likeness (QED) is 0.858. The Kier molecular flexibility index (Phi) is 5.83. The SMILES string of the molecule is COc1cccc(CN(C)C(CN)CC(C)(C)C)c1. The summed E-state index contributed by atoms with van der Waals surface area (Å²) in [7, 11) is 3.84. The average Bonchev–Trinajstić information content (AvgIpc) is 2.35. The van der Waals surface area contributed by atoms with Gasteiger partial charge in [-0.05, 0) is 36.6 Å². The van der Waals surface area contributed by atoms with Gasteiger partial charge in [0, 0.05) is 19.1 Å². The number of nitrogens with two attached hydrogens (primary N) is 1. The predicted octanol–water partition coefficient (Wildman–Crippen LogP) is 2.89. The highest BCUT2D eigenvalue weighted by atomic mass is 16.5. The fourth-order valence-corrected chi connectivity index (χ4v) is 2.31. The van der Waals surface area contributed by atoms with Gasteiger partial charge in [-0.15, -0.1) is 0 Å². The molecule has 19 heavy (non-hydrogen) atoms. The minimum Gasteiger partial charge on any atom is -0.497 e. The Balaban J connectivity index is 2.68. The predicted molar refractivity (Wildman–Crippen MR) is 81.4 cm³/mol. The molecule has 0 radical (unpaired) electrons. The highest BCUT2D eigenvalue weighted by molar-refractivity contribution is 5.28. The van der Waals surface area contributed by atoms with Crippen LogP contribution in [0.1, 0.15) is 32.8 Å². The van der Waals surface area contributed by atoms with Crippen LogP contribution in [0.3, 0.4) is 0 Å². The molecule has 0 saturated heterocycles. The molecular formula is C16H28N2O. The van der Waals surface area contributed by atoms with Crippen molar-refractivity contribution in [2.24, 2.45) is 11.1 Å².